The van der Waals surface area contributed by atoms with Gasteiger partial charge in [0.2, 0.25) is 0 Å². The van der Waals surface area contributed by atoms with Gasteiger partial charge in [-0.2, -0.15) is 0 Å². The van der Waals surface area contributed by atoms with Crippen molar-refractivity contribution in [2.45, 2.75) is 26.6 Å². The first kappa shape index (κ1) is 11.9. The highest BCUT2D eigenvalue weighted by Gasteiger charge is 2.10. The molecule has 90 valence electrons. The normalized spacial score (nSPS) is 11.1. The Kier molecular flexibility index (Phi) is 3.31. The molecule has 1 aromatic heterocycles. The van der Waals surface area contributed by atoms with Crippen molar-refractivity contribution in [1.29, 1.82) is 0 Å². The van der Waals surface area contributed by atoms with Crippen LogP contribution >= 0.6 is 0 Å². The topological polar surface area (TPSA) is 45.4 Å². The minimum absolute atomic E-state index is 0.243. The van der Waals surface area contributed by atoms with E-state index >= 15 is 0 Å². The SMILES string of the molecule is Cc1ccc(C)n1-c1ccccc1CC(O)O. The van der Waals surface area contributed by atoms with Crippen molar-refractivity contribution in [2.75, 3.05) is 0 Å². The standard InChI is InChI=1S/C14H17NO2/c1-10-7-8-11(2)15(10)13-6-4-3-5-12(13)9-14(16)17/h3-8,14,16-17H,9H2,1-2H3. The van der Waals surface area contributed by atoms with Gasteiger partial charge in [0.1, 0.15) is 0 Å². The van der Waals surface area contributed by atoms with Crippen molar-refractivity contribution < 1.29 is 10.2 Å². The third-order valence-electron chi connectivity index (χ3n) is 2.91. The number of rotatable bonds is 3. The van der Waals surface area contributed by atoms with Crippen molar-refractivity contribution in [3.63, 3.8) is 0 Å². The molecular formula is C14H17NO2. The Morgan fingerprint density at radius 3 is 2.18 bits per heavy atom. The van der Waals surface area contributed by atoms with Crippen LogP contribution in [0.15, 0.2) is 36.4 Å². The van der Waals surface area contributed by atoms with Gasteiger partial charge in [-0.1, -0.05) is 18.2 Å². The number of nitrogens with zero attached hydrogens (tertiary/aromatic N) is 1. The predicted octanol–water partition coefficient (Wildman–Crippen LogP) is 1.95. The fraction of sp³-hybridized carbons (Fsp3) is 0.286. The number of aromatic nitrogens is 1. The van der Waals surface area contributed by atoms with Gasteiger partial charge in [0.25, 0.3) is 0 Å². The largest absolute Gasteiger partial charge is 0.368 e. The minimum atomic E-state index is -1.31. The summed E-state index contributed by atoms with van der Waals surface area (Å²) in [5.74, 6) is 0. The summed E-state index contributed by atoms with van der Waals surface area (Å²) in [4.78, 5) is 0. The molecule has 1 heterocycles. The molecule has 0 atom stereocenters. The van der Waals surface area contributed by atoms with Crippen LogP contribution in [0.4, 0.5) is 0 Å². The summed E-state index contributed by atoms with van der Waals surface area (Å²) in [7, 11) is 0. The van der Waals surface area contributed by atoms with E-state index in [9.17, 15) is 0 Å². The molecule has 0 aliphatic heterocycles. The molecule has 0 aliphatic rings. The van der Waals surface area contributed by atoms with Gasteiger partial charge >= 0.3 is 0 Å². The van der Waals surface area contributed by atoms with E-state index in [-0.39, 0.29) is 6.42 Å². The van der Waals surface area contributed by atoms with Gasteiger partial charge in [-0.25, -0.2) is 0 Å². The lowest BCUT2D eigenvalue weighted by Gasteiger charge is -2.15. The van der Waals surface area contributed by atoms with Gasteiger partial charge in [0.05, 0.1) is 0 Å². The van der Waals surface area contributed by atoms with E-state index in [1.807, 2.05) is 38.1 Å². The molecule has 2 aromatic rings. The minimum Gasteiger partial charge on any atom is -0.368 e. The van der Waals surface area contributed by atoms with Gasteiger partial charge in [-0.3, -0.25) is 0 Å². The van der Waals surface area contributed by atoms with E-state index in [1.165, 1.54) is 0 Å². The zero-order chi connectivity index (χ0) is 12.4. The number of aliphatic hydroxyl groups is 2. The first-order valence-corrected chi connectivity index (χ1v) is 5.69. The molecule has 1 aromatic carbocycles. The summed E-state index contributed by atoms with van der Waals surface area (Å²) in [6.07, 6.45) is -1.07. The molecule has 0 fully saturated rings. The maximum atomic E-state index is 9.11. The van der Waals surface area contributed by atoms with Crippen LogP contribution in [0.1, 0.15) is 17.0 Å². The average molecular weight is 231 g/mol. The van der Waals surface area contributed by atoms with E-state index in [4.69, 9.17) is 10.2 Å². The van der Waals surface area contributed by atoms with Crippen LogP contribution in [0.3, 0.4) is 0 Å². The summed E-state index contributed by atoms with van der Waals surface area (Å²) in [6.45, 7) is 4.08. The van der Waals surface area contributed by atoms with Gasteiger partial charge in [-0.05, 0) is 37.6 Å². The lowest BCUT2D eigenvalue weighted by Crippen LogP contribution is -2.11. The third-order valence-corrected chi connectivity index (χ3v) is 2.91. The van der Waals surface area contributed by atoms with Gasteiger partial charge in [0.15, 0.2) is 6.29 Å². The Morgan fingerprint density at radius 1 is 1.00 bits per heavy atom. The van der Waals surface area contributed by atoms with Crippen molar-refractivity contribution in [3.05, 3.63) is 53.3 Å². The van der Waals surface area contributed by atoms with E-state index in [0.29, 0.717) is 0 Å². The molecule has 3 nitrogen and oxygen atoms in total. The zero-order valence-corrected chi connectivity index (χ0v) is 10.1. The zero-order valence-electron chi connectivity index (χ0n) is 10.1. The fourth-order valence-electron chi connectivity index (χ4n) is 2.15. The van der Waals surface area contributed by atoms with Gasteiger partial charge < -0.3 is 14.8 Å². The summed E-state index contributed by atoms with van der Waals surface area (Å²) in [5, 5.41) is 18.2. The summed E-state index contributed by atoms with van der Waals surface area (Å²) >= 11 is 0. The van der Waals surface area contributed by atoms with Crippen molar-refractivity contribution in [3.8, 4) is 5.69 Å². The molecule has 3 heteroatoms. The number of benzene rings is 1. The molecule has 2 rings (SSSR count). The van der Waals surface area contributed by atoms with Gasteiger partial charge in [0, 0.05) is 23.5 Å². The molecule has 0 amide bonds. The Hall–Kier alpha value is -1.58. The molecule has 0 radical (unpaired) electrons. The van der Waals surface area contributed by atoms with Crippen molar-refractivity contribution in [2.24, 2.45) is 0 Å². The van der Waals surface area contributed by atoms with Crippen LogP contribution in [-0.4, -0.2) is 21.1 Å². The Labute approximate surface area is 101 Å². The van der Waals surface area contributed by atoms with E-state index in [1.54, 1.807) is 0 Å². The van der Waals surface area contributed by atoms with Crippen LogP contribution < -0.4 is 0 Å². The Bertz CT molecular complexity index is 495. The third kappa shape index (κ3) is 2.40. The van der Waals surface area contributed by atoms with Gasteiger partial charge in [-0.15, -0.1) is 0 Å². The highest BCUT2D eigenvalue weighted by Crippen LogP contribution is 2.21. The maximum Gasteiger partial charge on any atom is 0.155 e. The van der Waals surface area contributed by atoms with Crippen LogP contribution in [-0.2, 0) is 6.42 Å². The summed E-state index contributed by atoms with van der Waals surface area (Å²) in [5.41, 5.74) is 4.23. The lowest BCUT2D eigenvalue weighted by atomic mass is 10.1. The predicted molar refractivity (Wildman–Crippen MR) is 67.2 cm³/mol. The molecular weight excluding hydrogens is 214 g/mol. The van der Waals surface area contributed by atoms with E-state index in [0.717, 1.165) is 22.6 Å². The van der Waals surface area contributed by atoms with E-state index < -0.39 is 6.29 Å². The number of hydrogen-bond acceptors (Lipinski definition) is 2. The van der Waals surface area contributed by atoms with E-state index in [2.05, 4.69) is 16.7 Å². The molecule has 0 saturated carbocycles. The molecule has 17 heavy (non-hydrogen) atoms. The first-order chi connectivity index (χ1) is 8.09. The molecule has 0 aliphatic carbocycles. The van der Waals surface area contributed by atoms with Crippen LogP contribution in [0, 0.1) is 13.8 Å². The highest BCUT2D eigenvalue weighted by atomic mass is 16.5. The maximum absolute atomic E-state index is 9.11. The summed E-state index contributed by atoms with van der Waals surface area (Å²) < 4.78 is 2.12. The molecule has 0 saturated heterocycles. The number of hydrogen-bond donors (Lipinski definition) is 2. The van der Waals surface area contributed by atoms with Crippen molar-refractivity contribution in [1.82, 2.24) is 4.57 Å². The monoisotopic (exact) mass is 231 g/mol. The van der Waals surface area contributed by atoms with Crippen LogP contribution in [0.2, 0.25) is 0 Å². The molecule has 0 bridgehead atoms. The first-order valence-electron chi connectivity index (χ1n) is 5.69. The Balaban J connectivity index is 2.52. The average Bonchev–Trinajstić information content (AvgIpc) is 2.59. The second kappa shape index (κ2) is 4.73. The van der Waals surface area contributed by atoms with Crippen LogP contribution in [0.25, 0.3) is 5.69 Å². The number of aliphatic hydroxyl groups excluding tert-OH is 1. The smallest absolute Gasteiger partial charge is 0.155 e. The van der Waals surface area contributed by atoms with Crippen molar-refractivity contribution >= 4 is 0 Å². The second-order valence-corrected chi connectivity index (χ2v) is 4.26. The number of para-hydroxylation sites is 1. The highest BCUT2D eigenvalue weighted by molar-refractivity contribution is 5.44. The second-order valence-electron chi connectivity index (χ2n) is 4.26. The quantitative estimate of drug-likeness (QED) is 0.793. The van der Waals surface area contributed by atoms with Crippen LogP contribution in [0.5, 0.6) is 0 Å². The molecule has 0 unspecified atom stereocenters. The fourth-order valence-corrected chi connectivity index (χ4v) is 2.15. The molecule has 0 spiro atoms. The number of aryl methyl sites for hydroxylation is 2. The molecule has 2 N–H and O–H groups in total. The Morgan fingerprint density at radius 2 is 1.59 bits per heavy atom. The summed E-state index contributed by atoms with van der Waals surface area (Å²) in [6, 6.07) is 11.9. The lowest BCUT2D eigenvalue weighted by molar-refractivity contribution is -0.0381.